The zero-order chi connectivity index (χ0) is 14.8. The van der Waals surface area contributed by atoms with Crippen LogP contribution in [0.5, 0.6) is 0 Å². The first kappa shape index (κ1) is 14.0. The average Bonchev–Trinajstić information content (AvgIpc) is 3.14. The number of halogens is 1. The third kappa shape index (κ3) is 2.74. The number of aromatic nitrogens is 1. The summed E-state index contributed by atoms with van der Waals surface area (Å²) in [5, 5.41) is 0.607. The van der Waals surface area contributed by atoms with Crippen molar-refractivity contribution >= 4 is 23.1 Å². The number of nitrogens with zero attached hydrogens (tertiary/aromatic N) is 2. The quantitative estimate of drug-likeness (QED) is 0.848. The van der Waals surface area contributed by atoms with Gasteiger partial charge in [-0.25, -0.2) is 0 Å². The molecule has 21 heavy (non-hydrogen) atoms. The monoisotopic (exact) mass is 300 g/mol. The zero-order valence-electron chi connectivity index (χ0n) is 11.9. The summed E-state index contributed by atoms with van der Waals surface area (Å²) in [6, 6.07) is 11.9. The highest BCUT2D eigenvalue weighted by atomic mass is 35.5. The Kier molecular flexibility index (Phi) is 3.84. The summed E-state index contributed by atoms with van der Waals surface area (Å²) in [6.45, 7) is 4.04. The van der Waals surface area contributed by atoms with Crippen molar-refractivity contribution < 1.29 is 4.79 Å². The molecule has 3 rings (SSSR count). The maximum absolute atomic E-state index is 12.6. The second-order valence-corrected chi connectivity index (χ2v) is 5.55. The van der Waals surface area contributed by atoms with E-state index in [1.807, 2.05) is 34.6 Å². The number of carbonyl (C=O) groups excluding carboxylic acids is 1. The van der Waals surface area contributed by atoms with E-state index in [9.17, 15) is 4.79 Å². The van der Waals surface area contributed by atoms with Crippen molar-refractivity contribution in [2.24, 2.45) is 0 Å². The van der Waals surface area contributed by atoms with Crippen LogP contribution in [-0.4, -0.2) is 28.5 Å². The van der Waals surface area contributed by atoms with Crippen LogP contribution in [0.3, 0.4) is 0 Å². The Hall–Kier alpha value is -2.00. The molecule has 0 saturated heterocycles. The van der Waals surface area contributed by atoms with E-state index < -0.39 is 0 Å². The summed E-state index contributed by atoms with van der Waals surface area (Å²) in [6.07, 6.45) is 3.92. The number of hydrogen-bond acceptors (Lipinski definition) is 1. The zero-order valence-corrected chi connectivity index (χ0v) is 12.7. The molecule has 1 aromatic heterocycles. The molecule has 1 aliphatic heterocycles. The van der Waals surface area contributed by atoms with Gasteiger partial charge in [0.15, 0.2) is 0 Å². The smallest absolute Gasteiger partial charge is 0.271 e. The van der Waals surface area contributed by atoms with Gasteiger partial charge in [0.25, 0.3) is 5.91 Å². The first-order valence-corrected chi connectivity index (χ1v) is 7.46. The molecule has 4 heteroatoms. The normalized spacial score (nSPS) is 14.4. The van der Waals surface area contributed by atoms with Crippen molar-refractivity contribution in [3.63, 3.8) is 0 Å². The molecule has 3 nitrogen and oxygen atoms in total. The summed E-state index contributed by atoms with van der Waals surface area (Å²) < 4.78 is 1.89. The van der Waals surface area contributed by atoms with Gasteiger partial charge in [0.2, 0.25) is 0 Å². The predicted molar refractivity (Wildman–Crippen MR) is 85.4 cm³/mol. The number of amides is 1. The van der Waals surface area contributed by atoms with Gasteiger partial charge < -0.3 is 9.47 Å². The van der Waals surface area contributed by atoms with Crippen molar-refractivity contribution in [2.45, 2.75) is 13.5 Å². The van der Waals surface area contributed by atoms with Crippen molar-refractivity contribution in [3.8, 4) is 0 Å². The average molecular weight is 301 g/mol. The van der Waals surface area contributed by atoms with Gasteiger partial charge in [-0.15, -0.1) is 0 Å². The van der Waals surface area contributed by atoms with Crippen molar-refractivity contribution in [1.29, 1.82) is 0 Å². The summed E-state index contributed by atoms with van der Waals surface area (Å²) in [5.74, 6) is 0.0333. The van der Waals surface area contributed by atoms with E-state index >= 15 is 0 Å². The fourth-order valence-electron chi connectivity index (χ4n) is 2.65. The minimum atomic E-state index is 0.0333. The molecule has 1 amide bonds. The number of benzene rings is 1. The summed E-state index contributed by atoms with van der Waals surface area (Å²) >= 11 is 6.02. The molecule has 108 valence electrons. The van der Waals surface area contributed by atoms with E-state index in [4.69, 9.17) is 11.6 Å². The van der Waals surface area contributed by atoms with Crippen molar-refractivity contribution in [2.75, 3.05) is 13.1 Å². The van der Waals surface area contributed by atoms with E-state index in [0.717, 1.165) is 6.54 Å². The molecule has 1 aliphatic rings. The summed E-state index contributed by atoms with van der Waals surface area (Å²) in [7, 11) is 0. The van der Waals surface area contributed by atoms with Crippen LogP contribution in [0.4, 0.5) is 0 Å². The summed E-state index contributed by atoms with van der Waals surface area (Å²) in [5.41, 5.74) is 3.03. The van der Waals surface area contributed by atoms with Gasteiger partial charge in [0.1, 0.15) is 5.69 Å². The highest BCUT2D eigenvalue weighted by molar-refractivity contribution is 6.31. The molecule has 0 aliphatic carbocycles. The second-order valence-electron chi connectivity index (χ2n) is 5.11. The fraction of sp³-hybridized carbons (Fsp3) is 0.235. The topological polar surface area (TPSA) is 25.2 Å². The Bertz CT molecular complexity index is 688. The molecule has 0 bridgehead atoms. The minimum absolute atomic E-state index is 0.0333. The first-order valence-electron chi connectivity index (χ1n) is 7.08. The van der Waals surface area contributed by atoms with Crippen LogP contribution in [-0.2, 0) is 6.54 Å². The fourth-order valence-corrected chi connectivity index (χ4v) is 2.87. The predicted octanol–water partition coefficient (Wildman–Crippen LogP) is 3.70. The maximum atomic E-state index is 12.6. The molecular formula is C17H17ClN2O. The first-order chi connectivity index (χ1) is 10.2. The van der Waals surface area contributed by atoms with Gasteiger partial charge >= 0.3 is 0 Å². The van der Waals surface area contributed by atoms with E-state index in [2.05, 4.69) is 18.2 Å². The SMILES string of the molecule is CCn1cc(Cl)cc1C(=O)N1CC=C(c2ccccc2)C1. The maximum Gasteiger partial charge on any atom is 0.271 e. The van der Waals surface area contributed by atoms with Crippen LogP contribution < -0.4 is 0 Å². The lowest BCUT2D eigenvalue weighted by molar-refractivity contribution is 0.0791. The van der Waals surface area contributed by atoms with Gasteiger partial charge in [-0.2, -0.15) is 0 Å². The van der Waals surface area contributed by atoms with Crippen LogP contribution in [0.15, 0.2) is 48.7 Å². The standard InChI is InChI=1S/C17H17ClN2O/c1-2-19-12-15(18)10-16(19)17(21)20-9-8-14(11-20)13-6-4-3-5-7-13/h3-8,10,12H,2,9,11H2,1H3. The van der Waals surface area contributed by atoms with Gasteiger partial charge in [-0.1, -0.05) is 48.0 Å². The molecule has 0 atom stereocenters. The Morgan fingerprint density at radius 2 is 2.05 bits per heavy atom. The second kappa shape index (κ2) is 5.78. The molecule has 2 heterocycles. The number of aryl methyl sites for hydroxylation is 1. The highest BCUT2D eigenvalue weighted by Crippen LogP contribution is 2.23. The van der Waals surface area contributed by atoms with Gasteiger partial charge in [0, 0.05) is 25.8 Å². The molecule has 0 spiro atoms. The molecule has 0 radical (unpaired) electrons. The van der Waals surface area contributed by atoms with Gasteiger partial charge in [0.05, 0.1) is 5.02 Å². The summed E-state index contributed by atoms with van der Waals surface area (Å²) in [4.78, 5) is 14.5. The molecule has 0 unspecified atom stereocenters. The van der Waals surface area contributed by atoms with E-state index in [0.29, 0.717) is 23.8 Å². The van der Waals surface area contributed by atoms with E-state index in [-0.39, 0.29) is 5.91 Å². The molecule has 0 fully saturated rings. The van der Waals surface area contributed by atoms with Crippen molar-refractivity contribution in [1.82, 2.24) is 9.47 Å². The Morgan fingerprint density at radius 1 is 1.29 bits per heavy atom. The van der Waals surface area contributed by atoms with E-state index in [1.165, 1.54) is 11.1 Å². The minimum Gasteiger partial charge on any atom is -0.342 e. The lowest BCUT2D eigenvalue weighted by Gasteiger charge is -2.17. The number of rotatable bonds is 3. The Balaban J connectivity index is 1.77. The van der Waals surface area contributed by atoms with Crippen molar-refractivity contribution in [3.05, 3.63) is 65.0 Å². The van der Waals surface area contributed by atoms with Crippen LogP contribution in [0.25, 0.3) is 5.57 Å². The van der Waals surface area contributed by atoms with Crippen LogP contribution in [0, 0.1) is 0 Å². The third-order valence-electron chi connectivity index (χ3n) is 3.77. The van der Waals surface area contributed by atoms with E-state index in [1.54, 1.807) is 12.3 Å². The number of hydrogen-bond donors (Lipinski definition) is 0. The van der Waals surface area contributed by atoms with Crippen LogP contribution >= 0.6 is 11.6 Å². The highest BCUT2D eigenvalue weighted by Gasteiger charge is 2.24. The largest absolute Gasteiger partial charge is 0.342 e. The molecule has 0 N–H and O–H groups in total. The van der Waals surface area contributed by atoms with Crippen LogP contribution in [0.1, 0.15) is 23.0 Å². The molecule has 0 saturated carbocycles. The Labute approximate surface area is 129 Å². The molecule has 2 aromatic rings. The van der Waals surface area contributed by atoms with Gasteiger partial charge in [-0.05, 0) is 24.1 Å². The lowest BCUT2D eigenvalue weighted by atomic mass is 10.1. The van der Waals surface area contributed by atoms with Gasteiger partial charge in [-0.3, -0.25) is 4.79 Å². The molecular weight excluding hydrogens is 284 g/mol. The van der Waals surface area contributed by atoms with Crippen LogP contribution in [0.2, 0.25) is 5.02 Å². The lowest BCUT2D eigenvalue weighted by Crippen LogP contribution is -2.30. The Morgan fingerprint density at radius 3 is 2.76 bits per heavy atom. The molecule has 1 aromatic carbocycles. The number of carbonyl (C=O) groups is 1. The third-order valence-corrected chi connectivity index (χ3v) is 3.98.